The summed E-state index contributed by atoms with van der Waals surface area (Å²) < 4.78 is 29.4. The lowest BCUT2D eigenvalue weighted by atomic mass is 10.1. The van der Waals surface area contributed by atoms with Gasteiger partial charge in [-0.3, -0.25) is 0 Å². The molecule has 2 aromatic carbocycles. The molecule has 0 saturated heterocycles. The first-order chi connectivity index (χ1) is 11.8. The van der Waals surface area contributed by atoms with E-state index in [2.05, 4.69) is 4.72 Å². The Bertz CT molecular complexity index is 1030. The summed E-state index contributed by atoms with van der Waals surface area (Å²) in [5.41, 5.74) is 2.25. The van der Waals surface area contributed by atoms with Crippen LogP contribution in [0.15, 0.2) is 53.6 Å². The maximum atomic E-state index is 12.5. The number of para-hydroxylation sites is 1. The molecule has 0 spiro atoms. The number of aromatic nitrogens is 1. The molecule has 0 fully saturated rings. The molecule has 0 amide bonds. The zero-order chi connectivity index (χ0) is 18.2. The SMILES string of the molecule is Cc1ccc(Cl)cc1S(=O)(=O)NCC(O)c1cn(C)c2ccccc12. The molecule has 25 heavy (non-hydrogen) atoms. The number of hydrogen-bond donors (Lipinski definition) is 2. The van der Waals surface area contributed by atoms with E-state index >= 15 is 0 Å². The summed E-state index contributed by atoms with van der Waals surface area (Å²) in [5.74, 6) is 0. The molecule has 0 aliphatic rings. The van der Waals surface area contributed by atoms with Crippen LogP contribution in [-0.2, 0) is 17.1 Å². The Balaban J connectivity index is 1.84. The van der Waals surface area contributed by atoms with Crippen molar-refractivity contribution in [3.63, 3.8) is 0 Å². The molecule has 0 radical (unpaired) electrons. The molecule has 3 aromatic rings. The molecule has 132 valence electrons. The van der Waals surface area contributed by atoms with Crippen LogP contribution in [0, 0.1) is 6.92 Å². The summed E-state index contributed by atoms with van der Waals surface area (Å²) in [6.45, 7) is 1.58. The zero-order valence-electron chi connectivity index (χ0n) is 13.9. The summed E-state index contributed by atoms with van der Waals surface area (Å²) >= 11 is 5.91. The molecular weight excluding hydrogens is 360 g/mol. The number of halogens is 1. The highest BCUT2D eigenvalue weighted by molar-refractivity contribution is 7.89. The van der Waals surface area contributed by atoms with Crippen LogP contribution in [0.1, 0.15) is 17.2 Å². The number of nitrogens with one attached hydrogen (secondary N) is 1. The quantitative estimate of drug-likeness (QED) is 0.716. The van der Waals surface area contributed by atoms with Crippen molar-refractivity contribution in [3.05, 3.63) is 64.8 Å². The Morgan fingerprint density at radius 3 is 2.72 bits per heavy atom. The van der Waals surface area contributed by atoms with Crippen molar-refractivity contribution in [3.8, 4) is 0 Å². The number of fused-ring (bicyclic) bond motifs is 1. The Hall–Kier alpha value is -1.86. The number of benzene rings is 2. The Kier molecular flexibility index (Phi) is 4.88. The average molecular weight is 379 g/mol. The largest absolute Gasteiger partial charge is 0.387 e. The number of aryl methyl sites for hydroxylation is 2. The smallest absolute Gasteiger partial charge is 0.240 e. The third-order valence-electron chi connectivity index (χ3n) is 4.19. The lowest BCUT2D eigenvalue weighted by molar-refractivity contribution is 0.183. The minimum Gasteiger partial charge on any atom is -0.387 e. The molecule has 0 bridgehead atoms. The van der Waals surface area contributed by atoms with Crippen LogP contribution in [0.2, 0.25) is 5.02 Å². The number of rotatable bonds is 5. The molecule has 7 heteroatoms. The molecular formula is C18H19ClN2O3S. The van der Waals surface area contributed by atoms with E-state index in [0.717, 1.165) is 10.9 Å². The molecule has 0 aliphatic heterocycles. The third-order valence-corrected chi connectivity index (χ3v) is 5.99. The van der Waals surface area contributed by atoms with Gasteiger partial charge >= 0.3 is 0 Å². The third kappa shape index (κ3) is 3.57. The molecule has 0 saturated carbocycles. The van der Waals surface area contributed by atoms with Crippen molar-refractivity contribution in [1.29, 1.82) is 0 Å². The van der Waals surface area contributed by atoms with E-state index in [4.69, 9.17) is 11.6 Å². The zero-order valence-corrected chi connectivity index (χ0v) is 15.5. The van der Waals surface area contributed by atoms with Gasteiger partial charge in [-0.25, -0.2) is 13.1 Å². The lowest BCUT2D eigenvalue weighted by Gasteiger charge is -2.13. The summed E-state index contributed by atoms with van der Waals surface area (Å²) in [4.78, 5) is 0.116. The predicted molar refractivity (Wildman–Crippen MR) is 99.3 cm³/mol. The second-order valence-electron chi connectivity index (χ2n) is 5.99. The van der Waals surface area contributed by atoms with Crippen LogP contribution < -0.4 is 4.72 Å². The fraction of sp³-hybridized carbons (Fsp3) is 0.222. The van der Waals surface area contributed by atoms with Crippen LogP contribution >= 0.6 is 11.6 Å². The van der Waals surface area contributed by atoms with E-state index in [0.29, 0.717) is 16.1 Å². The minimum absolute atomic E-state index is 0.116. The highest BCUT2D eigenvalue weighted by Gasteiger charge is 2.21. The van der Waals surface area contributed by atoms with Crippen molar-refractivity contribution in [2.24, 2.45) is 7.05 Å². The Labute approximate surface area is 151 Å². The Morgan fingerprint density at radius 2 is 1.96 bits per heavy atom. The van der Waals surface area contributed by atoms with E-state index < -0.39 is 16.1 Å². The van der Waals surface area contributed by atoms with Crippen molar-refractivity contribution in [2.45, 2.75) is 17.9 Å². The van der Waals surface area contributed by atoms with Crippen LogP contribution in [0.4, 0.5) is 0 Å². The summed E-state index contributed by atoms with van der Waals surface area (Å²) in [5, 5.41) is 11.7. The van der Waals surface area contributed by atoms with E-state index in [-0.39, 0.29) is 11.4 Å². The molecule has 1 unspecified atom stereocenters. The van der Waals surface area contributed by atoms with Gasteiger partial charge < -0.3 is 9.67 Å². The van der Waals surface area contributed by atoms with Gasteiger partial charge in [-0.1, -0.05) is 35.9 Å². The fourth-order valence-electron chi connectivity index (χ4n) is 2.88. The molecule has 1 heterocycles. The second-order valence-corrected chi connectivity index (χ2v) is 8.16. The fourth-order valence-corrected chi connectivity index (χ4v) is 4.42. The van der Waals surface area contributed by atoms with Gasteiger partial charge in [0, 0.05) is 41.3 Å². The lowest BCUT2D eigenvalue weighted by Crippen LogP contribution is -2.29. The van der Waals surface area contributed by atoms with Gasteiger partial charge in [-0.05, 0) is 30.7 Å². The van der Waals surface area contributed by atoms with Gasteiger partial charge in [0.25, 0.3) is 0 Å². The highest BCUT2D eigenvalue weighted by atomic mass is 35.5. The topological polar surface area (TPSA) is 71.3 Å². The number of sulfonamides is 1. The first-order valence-corrected chi connectivity index (χ1v) is 9.63. The van der Waals surface area contributed by atoms with E-state index in [1.807, 2.05) is 42.1 Å². The van der Waals surface area contributed by atoms with E-state index in [9.17, 15) is 13.5 Å². The van der Waals surface area contributed by atoms with Crippen LogP contribution in [0.3, 0.4) is 0 Å². The maximum Gasteiger partial charge on any atom is 0.240 e. The molecule has 5 nitrogen and oxygen atoms in total. The van der Waals surface area contributed by atoms with E-state index in [1.165, 1.54) is 6.07 Å². The van der Waals surface area contributed by atoms with Gasteiger partial charge in [0.2, 0.25) is 10.0 Å². The van der Waals surface area contributed by atoms with Gasteiger partial charge in [0.05, 0.1) is 11.0 Å². The molecule has 3 rings (SSSR count). The first-order valence-electron chi connectivity index (χ1n) is 7.77. The van der Waals surface area contributed by atoms with Crippen molar-refractivity contribution >= 4 is 32.5 Å². The number of aliphatic hydroxyl groups excluding tert-OH is 1. The normalized spacial score (nSPS) is 13.3. The Morgan fingerprint density at radius 1 is 1.24 bits per heavy atom. The summed E-state index contributed by atoms with van der Waals surface area (Å²) in [6.07, 6.45) is 0.856. The minimum atomic E-state index is -3.76. The van der Waals surface area contributed by atoms with Crippen molar-refractivity contribution < 1.29 is 13.5 Å². The van der Waals surface area contributed by atoms with Crippen LogP contribution in [0.5, 0.6) is 0 Å². The predicted octanol–water partition coefficient (Wildman–Crippen LogP) is 3.15. The summed E-state index contributed by atoms with van der Waals surface area (Å²) in [7, 11) is -1.88. The maximum absolute atomic E-state index is 12.5. The van der Waals surface area contributed by atoms with Crippen LogP contribution in [0.25, 0.3) is 10.9 Å². The van der Waals surface area contributed by atoms with Crippen molar-refractivity contribution in [2.75, 3.05) is 6.54 Å². The summed E-state index contributed by atoms with van der Waals surface area (Å²) in [6, 6.07) is 12.4. The van der Waals surface area contributed by atoms with Gasteiger partial charge in [-0.15, -0.1) is 0 Å². The standard InChI is InChI=1S/C18H19ClN2O3S/c1-12-7-8-13(19)9-18(12)25(23,24)20-10-17(22)15-11-21(2)16-6-4-3-5-14(15)16/h3-9,11,17,20,22H,10H2,1-2H3. The van der Waals surface area contributed by atoms with Gasteiger partial charge in [0.15, 0.2) is 0 Å². The molecule has 1 aromatic heterocycles. The average Bonchev–Trinajstić information content (AvgIpc) is 2.92. The number of aliphatic hydroxyl groups is 1. The van der Waals surface area contributed by atoms with Gasteiger partial charge in [0.1, 0.15) is 0 Å². The second kappa shape index (κ2) is 6.80. The molecule has 2 N–H and O–H groups in total. The number of hydrogen-bond acceptors (Lipinski definition) is 3. The number of nitrogens with zero attached hydrogens (tertiary/aromatic N) is 1. The molecule has 0 aliphatic carbocycles. The van der Waals surface area contributed by atoms with Crippen molar-refractivity contribution in [1.82, 2.24) is 9.29 Å². The molecule has 1 atom stereocenters. The monoisotopic (exact) mass is 378 g/mol. The first kappa shape index (κ1) is 17.9. The highest BCUT2D eigenvalue weighted by Crippen LogP contribution is 2.26. The van der Waals surface area contributed by atoms with E-state index in [1.54, 1.807) is 19.1 Å². The van der Waals surface area contributed by atoms with Crippen LogP contribution in [-0.4, -0.2) is 24.6 Å². The van der Waals surface area contributed by atoms with Gasteiger partial charge in [-0.2, -0.15) is 0 Å².